The summed E-state index contributed by atoms with van der Waals surface area (Å²) in [5.74, 6) is -1.99. The van der Waals surface area contributed by atoms with Crippen LogP contribution >= 0.6 is 0 Å². The Bertz CT molecular complexity index is 2810. The number of amides is 7. The molecule has 4 bridgehead atoms. The van der Waals surface area contributed by atoms with Gasteiger partial charge in [-0.2, -0.15) is 0 Å². The molecule has 2 aliphatic rings. The first-order valence-electron chi connectivity index (χ1n) is 28.7. The van der Waals surface area contributed by atoms with Crippen LogP contribution in [-0.2, 0) is 35.0 Å². The van der Waals surface area contributed by atoms with Gasteiger partial charge in [0.2, 0.25) is 17.7 Å². The zero-order valence-corrected chi connectivity index (χ0v) is 50.8. The SMILES string of the molecule is CCCCC1(C)C=CC(c2ccc(C(=O)N[C@@H](CCCNC(=O)OC(C)(C)C)C(=O)N(C)[C@@H]3C(=O)N[C@@H](C)C(=O)N[C@H](CO)Cc4ccc(OCCNC(=O)OC(C)(C)C)c(c4)-c4cc3ccc4OCCNC(=O)OC(C)(C)C)cc2)=CC1. The molecule has 7 amide bonds. The highest BCUT2D eigenvalue weighted by atomic mass is 16.6. The summed E-state index contributed by atoms with van der Waals surface area (Å²) in [4.78, 5) is 97.4. The minimum Gasteiger partial charge on any atom is -0.491 e. The molecular formula is C63H89N7O13. The van der Waals surface area contributed by atoms with Crippen LogP contribution in [0.4, 0.5) is 14.4 Å². The number of unbranched alkanes of at least 4 members (excludes halogenated alkanes) is 1. The van der Waals surface area contributed by atoms with Crippen LogP contribution in [0, 0.1) is 5.41 Å². The number of carbonyl (C=O) groups excluding carboxylic acids is 7. The Kier molecular flexibility index (Phi) is 23.6. The van der Waals surface area contributed by atoms with Crippen LogP contribution in [-0.4, -0.2) is 133 Å². The van der Waals surface area contributed by atoms with Crippen molar-refractivity contribution in [3.63, 3.8) is 0 Å². The van der Waals surface area contributed by atoms with Gasteiger partial charge < -0.3 is 65.6 Å². The predicted molar refractivity (Wildman–Crippen MR) is 318 cm³/mol. The summed E-state index contributed by atoms with van der Waals surface area (Å²) < 4.78 is 29.0. The smallest absolute Gasteiger partial charge is 0.407 e. The molecule has 454 valence electrons. The zero-order chi connectivity index (χ0) is 61.3. The lowest BCUT2D eigenvalue weighted by molar-refractivity contribution is -0.141. The molecule has 3 aromatic carbocycles. The molecule has 20 nitrogen and oxygen atoms in total. The second-order valence-corrected chi connectivity index (χ2v) is 24.4. The molecular weight excluding hydrogens is 1060 g/mol. The van der Waals surface area contributed by atoms with E-state index >= 15 is 4.79 Å². The van der Waals surface area contributed by atoms with Crippen LogP contribution in [0.15, 0.2) is 78.9 Å². The van der Waals surface area contributed by atoms with Crippen LogP contribution < -0.4 is 41.4 Å². The summed E-state index contributed by atoms with van der Waals surface area (Å²) in [6.45, 7) is 21.3. The van der Waals surface area contributed by atoms with Gasteiger partial charge in [-0.15, -0.1) is 0 Å². The van der Waals surface area contributed by atoms with Crippen molar-refractivity contribution in [3.8, 4) is 22.6 Å². The van der Waals surface area contributed by atoms with E-state index in [2.05, 4.69) is 64.0 Å². The van der Waals surface area contributed by atoms with Gasteiger partial charge in [0.1, 0.15) is 59.6 Å². The lowest BCUT2D eigenvalue weighted by atomic mass is 9.77. The molecule has 0 saturated carbocycles. The number of aliphatic hydroxyl groups excluding tert-OH is 1. The fourth-order valence-corrected chi connectivity index (χ4v) is 9.28. The van der Waals surface area contributed by atoms with Gasteiger partial charge in [0.15, 0.2) is 0 Å². The number of alkyl carbamates (subject to hydrolysis) is 3. The molecule has 83 heavy (non-hydrogen) atoms. The fourth-order valence-electron chi connectivity index (χ4n) is 9.28. The van der Waals surface area contributed by atoms with E-state index in [0.29, 0.717) is 22.4 Å². The summed E-state index contributed by atoms with van der Waals surface area (Å²) in [5, 5.41) is 27.2. The molecule has 1 unspecified atom stereocenters. The number of nitrogens with zero attached hydrogens (tertiary/aromatic N) is 1. The van der Waals surface area contributed by atoms with Crippen LogP contribution in [0.2, 0.25) is 0 Å². The largest absolute Gasteiger partial charge is 0.491 e. The Balaban J connectivity index is 1.57. The number of aliphatic hydroxyl groups is 1. The van der Waals surface area contributed by atoms with Crippen molar-refractivity contribution in [2.45, 2.75) is 169 Å². The van der Waals surface area contributed by atoms with Crippen molar-refractivity contribution < 1.29 is 62.4 Å². The second-order valence-electron chi connectivity index (χ2n) is 24.4. The summed E-state index contributed by atoms with van der Waals surface area (Å²) in [5.41, 5.74) is 1.85. The highest BCUT2D eigenvalue weighted by molar-refractivity contribution is 5.99. The van der Waals surface area contributed by atoms with E-state index in [4.69, 9.17) is 23.7 Å². The van der Waals surface area contributed by atoms with Crippen molar-refractivity contribution >= 4 is 47.5 Å². The molecule has 5 atom stereocenters. The van der Waals surface area contributed by atoms with Gasteiger partial charge in [-0.25, -0.2) is 14.4 Å². The highest BCUT2D eigenvalue weighted by Gasteiger charge is 2.36. The van der Waals surface area contributed by atoms with Gasteiger partial charge in [-0.05, 0) is 165 Å². The summed E-state index contributed by atoms with van der Waals surface area (Å²) >= 11 is 0. The maximum absolute atomic E-state index is 15.3. The van der Waals surface area contributed by atoms with E-state index in [-0.39, 0.29) is 74.4 Å². The molecule has 5 rings (SSSR count). The molecule has 1 aliphatic carbocycles. The van der Waals surface area contributed by atoms with Gasteiger partial charge in [-0.1, -0.05) is 69.2 Å². The number of hydrogen-bond donors (Lipinski definition) is 7. The van der Waals surface area contributed by atoms with Crippen LogP contribution in [0.3, 0.4) is 0 Å². The van der Waals surface area contributed by atoms with Crippen molar-refractivity contribution in [2.75, 3.05) is 46.5 Å². The monoisotopic (exact) mass is 1150 g/mol. The van der Waals surface area contributed by atoms with Crippen LogP contribution in [0.5, 0.6) is 11.5 Å². The molecule has 0 saturated heterocycles. The van der Waals surface area contributed by atoms with E-state index in [1.165, 1.54) is 18.9 Å². The van der Waals surface area contributed by atoms with E-state index in [9.17, 15) is 33.9 Å². The number of carbonyl (C=O) groups is 7. The average Bonchev–Trinajstić information content (AvgIpc) is 3.53. The predicted octanol–water partition coefficient (Wildman–Crippen LogP) is 8.84. The minimum absolute atomic E-state index is 0.0125. The number of rotatable bonds is 21. The van der Waals surface area contributed by atoms with Gasteiger partial charge in [0, 0.05) is 30.3 Å². The third-order valence-corrected chi connectivity index (χ3v) is 13.5. The Morgan fingerprint density at radius 2 is 1.29 bits per heavy atom. The Morgan fingerprint density at radius 3 is 1.82 bits per heavy atom. The maximum Gasteiger partial charge on any atom is 0.407 e. The fraction of sp³-hybridized carbons (Fsp3) is 0.540. The van der Waals surface area contributed by atoms with Gasteiger partial charge in [0.25, 0.3) is 5.91 Å². The van der Waals surface area contributed by atoms with E-state index in [1.807, 2.05) is 12.1 Å². The Hall–Kier alpha value is -7.61. The van der Waals surface area contributed by atoms with Gasteiger partial charge in [0.05, 0.1) is 25.7 Å². The molecule has 0 aromatic heterocycles. The second kappa shape index (κ2) is 29.6. The number of likely N-dealkylation sites (N-methyl/N-ethyl adjacent to an activating group) is 1. The highest BCUT2D eigenvalue weighted by Crippen LogP contribution is 2.41. The minimum atomic E-state index is -1.47. The molecule has 7 N–H and O–H groups in total. The number of ether oxygens (including phenoxy) is 5. The summed E-state index contributed by atoms with van der Waals surface area (Å²) in [7, 11) is 1.42. The molecule has 0 radical (unpaired) electrons. The maximum atomic E-state index is 15.3. The Morgan fingerprint density at radius 1 is 0.735 bits per heavy atom. The van der Waals surface area contributed by atoms with E-state index in [0.717, 1.165) is 36.8 Å². The normalized spacial score (nSPS) is 18.6. The Labute approximate surface area is 489 Å². The van der Waals surface area contributed by atoms with Crippen molar-refractivity contribution in [1.82, 2.24) is 36.8 Å². The van der Waals surface area contributed by atoms with Crippen molar-refractivity contribution in [1.29, 1.82) is 0 Å². The van der Waals surface area contributed by atoms with Crippen molar-refractivity contribution in [2.24, 2.45) is 5.41 Å². The molecule has 1 aliphatic heterocycles. The number of fused-ring (bicyclic) bond motifs is 5. The first-order valence-corrected chi connectivity index (χ1v) is 28.7. The standard InChI is InChI=1S/C63H89N7O13/c1-14-15-28-63(12)29-26-43(27-30-63)42-19-21-44(22-20-42)54(73)69-49(17-16-31-64-57(76)81-60(3,4)5)56(75)70(13)52-45-23-25-51(80-35-33-66-59(78)83-62(9,10)11)48(38-45)47-37-41(36-46(39-71)68-53(72)40(2)67-55(52)74)18-24-50(47)79-34-32-65-58(77)82-61(6,7)8/h18-27,29,37-38,40,46,49,52,71H,14-17,28,30-36,39H2,1-13H3,(H,64,76)(H,65,77)(H,66,78)(H,67,74)(H,68,72)(H,69,73)/t40-,46-,49-,52-,63?/m0/s1. The lowest BCUT2D eigenvalue weighted by Crippen LogP contribution is -2.54. The number of nitrogens with one attached hydrogen (secondary N) is 6. The molecule has 1 heterocycles. The third-order valence-electron chi connectivity index (χ3n) is 13.5. The quantitative estimate of drug-likeness (QED) is 0.0389. The topological polar surface area (TPSA) is 261 Å². The molecule has 0 fully saturated rings. The third kappa shape index (κ3) is 21.3. The zero-order valence-electron chi connectivity index (χ0n) is 50.8. The lowest BCUT2D eigenvalue weighted by Gasteiger charge is -2.33. The number of allylic oxidation sites excluding steroid dienone is 4. The summed E-state index contributed by atoms with van der Waals surface area (Å²) in [6, 6.07) is 12.6. The van der Waals surface area contributed by atoms with Crippen molar-refractivity contribution in [3.05, 3.63) is 101 Å². The number of benzene rings is 3. The number of hydrogen-bond acceptors (Lipinski definition) is 13. The van der Waals surface area contributed by atoms with E-state index < -0.39 is 89.5 Å². The first-order chi connectivity index (χ1) is 39.0. The van der Waals surface area contributed by atoms with Gasteiger partial charge >= 0.3 is 18.3 Å². The van der Waals surface area contributed by atoms with Gasteiger partial charge in [-0.3, -0.25) is 19.2 Å². The molecule has 0 spiro atoms. The summed E-state index contributed by atoms with van der Waals surface area (Å²) in [6.07, 6.45) is 9.27. The average molecular weight is 1150 g/mol. The van der Waals surface area contributed by atoms with Crippen LogP contribution in [0.25, 0.3) is 16.7 Å². The first kappa shape index (κ1) is 66.2. The molecule has 3 aromatic rings. The molecule has 20 heteroatoms. The van der Waals surface area contributed by atoms with Crippen LogP contribution in [0.1, 0.15) is 155 Å². The van der Waals surface area contributed by atoms with E-state index in [1.54, 1.807) is 111 Å².